The fourth-order valence-corrected chi connectivity index (χ4v) is 4.62. The fourth-order valence-electron chi connectivity index (χ4n) is 4.62. The number of likely N-dealkylation sites (tertiary alicyclic amines) is 1. The van der Waals surface area contributed by atoms with Crippen LogP contribution in [0.3, 0.4) is 0 Å². The van der Waals surface area contributed by atoms with E-state index in [0.717, 1.165) is 42.9 Å². The highest BCUT2D eigenvalue weighted by Crippen LogP contribution is 2.24. The van der Waals surface area contributed by atoms with Crippen LogP contribution in [0.5, 0.6) is 0 Å². The SMILES string of the molecule is Cc1cc(C(=O)OCCC2CCCCN2C(=O)c2cccn2C)c(C)n1-c1cccnc1. The van der Waals surface area contributed by atoms with Crippen LogP contribution in [0.4, 0.5) is 0 Å². The van der Waals surface area contributed by atoms with Crippen LogP contribution in [-0.4, -0.2) is 50.1 Å². The number of ether oxygens (including phenoxy) is 1. The summed E-state index contributed by atoms with van der Waals surface area (Å²) in [4.78, 5) is 32.0. The van der Waals surface area contributed by atoms with Crippen LogP contribution in [0, 0.1) is 13.8 Å². The van der Waals surface area contributed by atoms with Gasteiger partial charge in [0, 0.05) is 49.8 Å². The topological polar surface area (TPSA) is 69.4 Å². The first-order chi connectivity index (χ1) is 15.5. The van der Waals surface area contributed by atoms with Gasteiger partial charge in [0.1, 0.15) is 5.69 Å². The predicted octanol–water partition coefficient (Wildman–Crippen LogP) is 4.07. The Morgan fingerprint density at radius 2 is 2.03 bits per heavy atom. The van der Waals surface area contributed by atoms with Gasteiger partial charge in [0.15, 0.2) is 0 Å². The van der Waals surface area contributed by atoms with Crippen LogP contribution in [0.1, 0.15) is 57.9 Å². The molecule has 4 rings (SSSR count). The molecule has 7 nitrogen and oxygen atoms in total. The molecule has 32 heavy (non-hydrogen) atoms. The zero-order valence-electron chi connectivity index (χ0n) is 19.0. The summed E-state index contributed by atoms with van der Waals surface area (Å²) in [6.07, 6.45) is 9.05. The van der Waals surface area contributed by atoms with E-state index in [9.17, 15) is 9.59 Å². The van der Waals surface area contributed by atoms with Gasteiger partial charge in [-0.2, -0.15) is 0 Å². The van der Waals surface area contributed by atoms with E-state index in [2.05, 4.69) is 4.98 Å². The second-order valence-electron chi connectivity index (χ2n) is 8.41. The minimum Gasteiger partial charge on any atom is -0.462 e. The molecule has 0 aliphatic carbocycles. The monoisotopic (exact) mass is 434 g/mol. The van der Waals surface area contributed by atoms with Gasteiger partial charge in [-0.05, 0) is 63.4 Å². The molecule has 1 saturated heterocycles. The summed E-state index contributed by atoms with van der Waals surface area (Å²) < 4.78 is 9.51. The van der Waals surface area contributed by atoms with Crippen LogP contribution in [0.15, 0.2) is 48.9 Å². The molecule has 0 N–H and O–H groups in total. The number of esters is 1. The molecule has 1 amide bonds. The molecule has 1 unspecified atom stereocenters. The second kappa shape index (κ2) is 9.42. The van der Waals surface area contributed by atoms with Crippen molar-refractivity contribution in [1.29, 1.82) is 0 Å². The maximum atomic E-state index is 13.0. The average Bonchev–Trinajstić information content (AvgIpc) is 3.36. The van der Waals surface area contributed by atoms with Gasteiger partial charge >= 0.3 is 5.97 Å². The first kappa shape index (κ1) is 21.9. The average molecular weight is 435 g/mol. The molecule has 1 fully saturated rings. The Morgan fingerprint density at radius 3 is 2.75 bits per heavy atom. The molecule has 1 atom stereocenters. The molecule has 0 aromatic carbocycles. The zero-order valence-corrected chi connectivity index (χ0v) is 19.0. The number of hydrogen-bond acceptors (Lipinski definition) is 4. The van der Waals surface area contributed by atoms with Crippen LogP contribution in [-0.2, 0) is 11.8 Å². The number of hydrogen-bond donors (Lipinski definition) is 0. The van der Waals surface area contributed by atoms with Gasteiger partial charge in [-0.3, -0.25) is 9.78 Å². The predicted molar refractivity (Wildman–Crippen MR) is 122 cm³/mol. The Kier molecular flexibility index (Phi) is 6.44. The van der Waals surface area contributed by atoms with Crippen molar-refractivity contribution in [3.05, 3.63) is 71.6 Å². The summed E-state index contributed by atoms with van der Waals surface area (Å²) in [6.45, 7) is 4.91. The Balaban J connectivity index is 1.40. The van der Waals surface area contributed by atoms with Crippen molar-refractivity contribution in [3.8, 4) is 5.69 Å². The molecule has 0 bridgehead atoms. The van der Waals surface area contributed by atoms with E-state index < -0.39 is 0 Å². The standard InChI is InChI=1S/C25H30N4O3/c1-18-16-22(19(2)29(18)21-9-6-12-26-17-21)25(31)32-15-11-20-8-4-5-14-28(20)24(30)23-10-7-13-27(23)3/h6-7,9-10,12-13,16-17,20H,4-5,8,11,14-15H2,1-3H3. The largest absolute Gasteiger partial charge is 0.462 e. The quantitative estimate of drug-likeness (QED) is 0.549. The number of rotatable bonds is 6. The van der Waals surface area contributed by atoms with Gasteiger partial charge < -0.3 is 18.8 Å². The van der Waals surface area contributed by atoms with Crippen LogP contribution in [0.25, 0.3) is 5.69 Å². The van der Waals surface area contributed by atoms with E-state index in [0.29, 0.717) is 17.7 Å². The number of carbonyl (C=O) groups is 2. The summed E-state index contributed by atoms with van der Waals surface area (Å²) >= 11 is 0. The first-order valence-corrected chi connectivity index (χ1v) is 11.2. The van der Waals surface area contributed by atoms with Gasteiger partial charge in [0.2, 0.25) is 0 Å². The molecule has 0 saturated carbocycles. The lowest BCUT2D eigenvalue weighted by atomic mass is 9.99. The normalized spacial score (nSPS) is 16.2. The van der Waals surface area contributed by atoms with Gasteiger partial charge in [-0.1, -0.05) is 0 Å². The van der Waals surface area contributed by atoms with Crippen molar-refractivity contribution in [2.45, 2.75) is 45.6 Å². The Bertz CT molecular complexity index is 1100. The maximum Gasteiger partial charge on any atom is 0.339 e. The van der Waals surface area contributed by atoms with Crippen molar-refractivity contribution in [2.75, 3.05) is 13.2 Å². The number of pyridine rings is 1. The number of amides is 1. The highest BCUT2D eigenvalue weighted by atomic mass is 16.5. The van der Waals surface area contributed by atoms with Gasteiger partial charge in [-0.15, -0.1) is 0 Å². The summed E-state index contributed by atoms with van der Waals surface area (Å²) in [5.74, 6) is -0.280. The molecule has 1 aliphatic rings. The molecular weight excluding hydrogens is 404 g/mol. The van der Waals surface area contributed by atoms with E-state index in [1.807, 2.05) is 71.5 Å². The third-order valence-corrected chi connectivity index (χ3v) is 6.29. The van der Waals surface area contributed by atoms with E-state index >= 15 is 0 Å². The third kappa shape index (κ3) is 4.33. The number of piperidine rings is 1. The Labute approximate surface area is 188 Å². The summed E-state index contributed by atoms with van der Waals surface area (Å²) in [6, 6.07) is 9.52. The summed E-state index contributed by atoms with van der Waals surface area (Å²) in [5.41, 5.74) is 3.95. The van der Waals surface area contributed by atoms with E-state index in [-0.39, 0.29) is 24.5 Å². The lowest BCUT2D eigenvalue weighted by Gasteiger charge is -2.35. The fraction of sp³-hybridized carbons (Fsp3) is 0.400. The number of aryl methyl sites for hydroxylation is 2. The molecule has 168 valence electrons. The zero-order chi connectivity index (χ0) is 22.7. The van der Waals surface area contributed by atoms with Gasteiger partial charge in [0.25, 0.3) is 5.91 Å². The molecule has 3 aromatic rings. The second-order valence-corrected chi connectivity index (χ2v) is 8.41. The summed E-state index contributed by atoms with van der Waals surface area (Å²) in [7, 11) is 1.88. The molecule has 4 heterocycles. The minimum absolute atomic E-state index is 0.0496. The molecule has 7 heteroatoms. The molecular formula is C25H30N4O3. The lowest BCUT2D eigenvalue weighted by molar-refractivity contribution is 0.0406. The summed E-state index contributed by atoms with van der Waals surface area (Å²) in [5, 5.41) is 0. The van der Waals surface area contributed by atoms with E-state index in [1.54, 1.807) is 12.4 Å². The van der Waals surface area contributed by atoms with Gasteiger partial charge in [-0.25, -0.2) is 4.79 Å². The molecule has 0 radical (unpaired) electrons. The van der Waals surface area contributed by atoms with Crippen molar-refractivity contribution in [2.24, 2.45) is 7.05 Å². The van der Waals surface area contributed by atoms with Crippen molar-refractivity contribution in [3.63, 3.8) is 0 Å². The highest BCUT2D eigenvalue weighted by molar-refractivity contribution is 5.93. The Hall–Kier alpha value is -3.35. The van der Waals surface area contributed by atoms with Crippen LogP contribution >= 0.6 is 0 Å². The molecule has 0 spiro atoms. The third-order valence-electron chi connectivity index (χ3n) is 6.29. The number of aromatic nitrogens is 3. The van der Waals surface area contributed by atoms with Crippen LogP contribution < -0.4 is 0 Å². The molecule has 3 aromatic heterocycles. The minimum atomic E-state index is -0.329. The van der Waals surface area contributed by atoms with Crippen LogP contribution in [0.2, 0.25) is 0 Å². The van der Waals surface area contributed by atoms with E-state index in [1.165, 1.54) is 0 Å². The first-order valence-electron chi connectivity index (χ1n) is 11.2. The van der Waals surface area contributed by atoms with Crippen molar-refractivity contribution in [1.82, 2.24) is 19.0 Å². The van der Waals surface area contributed by atoms with E-state index in [4.69, 9.17) is 4.74 Å². The lowest BCUT2D eigenvalue weighted by Crippen LogP contribution is -2.44. The van der Waals surface area contributed by atoms with Gasteiger partial charge in [0.05, 0.1) is 24.1 Å². The van der Waals surface area contributed by atoms with Crippen molar-refractivity contribution < 1.29 is 14.3 Å². The van der Waals surface area contributed by atoms with Crippen molar-refractivity contribution >= 4 is 11.9 Å². The highest BCUT2D eigenvalue weighted by Gasteiger charge is 2.29. The number of carbonyl (C=O) groups excluding carboxylic acids is 2. The number of nitrogens with zero attached hydrogens (tertiary/aromatic N) is 4. The smallest absolute Gasteiger partial charge is 0.339 e. The molecule has 1 aliphatic heterocycles. The Morgan fingerprint density at radius 1 is 1.19 bits per heavy atom. The maximum absolute atomic E-state index is 13.0.